The topological polar surface area (TPSA) is 73.3 Å². The molecule has 0 atom stereocenters. The average Bonchev–Trinajstić information content (AvgIpc) is 3.29. The molecular formula is C25H21BrClN3O3S. The van der Waals surface area contributed by atoms with Crippen LogP contribution >= 0.6 is 38.9 Å². The van der Waals surface area contributed by atoms with E-state index in [1.54, 1.807) is 37.4 Å². The van der Waals surface area contributed by atoms with Crippen molar-refractivity contribution in [2.24, 2.45) is 0 Å². The highest BCUT2D eigenvalue weighted by Gasteiger charge is 2.14. The molecule has 0 aliphatic rings. The maximum atomic E-state index is 12.1. The van der Waals surface area contributed by atoms with Crippen molar-refractivity contribution in [3.05, 3.63) is 92.5 Å². The zero-order valence-electron chi connectivity index (χ0n) is 18.3. The van der Waals surface area contributed by atoms with Crippen LogP contribution in [-0.4, -0.2) is 22.5 Å². The molecule has 0 amide bonds. The quantitative estimate of drug-likeness (QED) is 0.215. The Kier molecular flexibility index (Phi) is 8.16. The second kappa shape index (κ2) is 11.5. The van der Waals surface area contributed by atoms with E-state index < -0.39 is 5.97 Å². The summed E-state index contributed by atoms with van der Waals surface area (Å²) in [5, 5.41) is 6.38. The number of aromatic nitrogens is 2. The maximum Gasteiger partial charge on any atom is 0.338 e. The van der Waals surface area contributed by atoms with Gasteiger partial charge in [-0.05, 0) is 59.5 Å². The van der Waals surface area contributed by atoms with Gasteiger partial charge in [-0.3, -0.25) is 0 Å². The Bertz CT molecular complexity index is 1280. The van der Waals surface area contributed by atoms with Gasteiger partial charge >= 0.3 is 5.97 Å². The molecule has 2 aromatic carbocycles. The van der Waals surface area contributed by atoms with Crippen LogP contribution in [0, 0.1) is 0 Å². The van der Waals surface area contributed by atoms with Crippen LogP contribution in [0.5, 0.6) is 11.5 Å². The molecule has 6 nitrogen and oxygen atoms in total. The van der Waals surface area contributed by atoms with Crippen molar-refractivity contribution in [1.82, 2.24) is 9.97 Å². The summed E-state index contributed by atoms with van der Waals surface area (Å²) in [7, 11) is 0. The number of rotatable bonds is 9. The first-order valence-electron chi connectivity index (χ1n) is 10.6. The van der Waals surface area contributed by atoms with Crippen LogP contribution in [0.15, 0.2) is 70.6 Å². The maximum absolute atomic E-state index is 12.1. The third kappa shape index (κ3) is 6.34. The lowest BCUT2D eigenvalue weighted by molar-refractivity contribution is 0.0526. The number of hydrogen-bond donors (Lipinski definition) is 1. The molecular weight excluding hydrogens is 538 g/mol. The predicted molar refractivity (Wildman–Crippen MR) is 139 cm³/mol. The fourth-order valence-corrected chi connectivity index (χ4v) is 4.32. The van der Waals surface area contributed by atoms with Gasteiger partial charge in [0, 0.05) is 17.6 Å². The predicted octanol–water partition coefficient (Wildman–Crippen LogP) is 7.45. The van der Waals surface area contributed by atoms with E-state index in [0.717, 1.165) is 23.7 Å². The fourth-order valence-electron chi connectivity index (χ4n) is 3.11. The largest absolute Gasteiger partial charge is 0.462 e. The van der Waals surface area contributed by atoms with Crippen LogP contribution in [-0.2, 0) is 17.6 Å². The highest BCUT2D eigenvalue weighted by molar-refractivity contribution is 9.10. The summed E-state index contributed by atoms with van der Waals surface area (Å²) in [4.78, 5) is 21.1. The van der Waals surface area contributed by atoms with Crippen molar-refractivity contribution in [2.45, 2.75) is 19.8 Å². The Morgan fingerprint density at radius 3 is 2.74 bits per heavy atom. The number of pyridine rings is 1. The molecule has 2 heterocycles. The summed E-state index contributed by atoms with van der Waals surface area (Å²) in [6, 6.07) is 16.8. The molecule has 4 aromatic rings. The van der Waals surface area contributed by atoms with E-state index in [-0.39, 0.29) is 6.61 Å². The van der Waals surface area contributed by atoms with Crippen molar-refractivity contribution in [2.75, 3.05) is 11.9 Å². The van der Waals surface area contributed by atoms with Crippen molar-refractivity contribution in [1.29, 1.82) is 0 Å². The van der Waals surface area contributed by atoms with E-state index >= 15 is 0 Å². The normalized spacial score (nSPS) is 10.7. The average molecular weight is 559 g/mol. The van der Waals surface area contributed by atoms with E-state index in [0.29, 0.717) is 32.4 Å². The van der Waals surface area contributed by atoms with Gasteiger partial charge < -0.3 is 14.8 Å². The van der Waals surface area contributed by atoms with Gasteiger partial charge in [0.15, 0.2) is 5.13 Å². The summed E-state index contributed by atoms with van der Waals surface area (Å²) >= 11 is 11.3. The summed E-state index contributed by atoms with van der Waals surface area (Å²) in [5.74, 6) is 0.954. The Morgan fingerprint density at radius 1 is 1.12 bits per heavy atom. The van der Waals surface area contributed by atoms with E-state index in [4.69, 9.17) is 21.1 Å². The van der Waals surface area contributed by atoms with Crippen LogP contribution in [0.1, 0.15) is 28.5 Å². The van der Waals surface area contributed by atoms with Crippen LogP contribution in [0.25, 0.3) is 0 Å². The second-order valence-corrected chi connectivity index (χ2v) is 9.34. The van der Waals surface area contributed by atoms with Crippen LogP contribution in [0.3, 0.4) is 0 Å². The Balaban J connectivity index is 1.45. The minimum Gasteiger partial charge on any atom is -0.462 e. The van der Waals surface area contributed by atoms with Gasteiger partial charge in [-0.2, -0.15) is 0 Å². The lowest BCUT2D eigenvalue weighted by Crippen LogP contribution is -2.04. The number of carbonyl (C=O) groups is 1. The summed E-state index contributed by atoms with van der Waals surface area (Å²) in [6.45, 7) is 2.04. The third-order valence-electron chi connectivity index (χ3n) is 4.78. The van der Waals surface area contributed by atoms with Crippen LogP contribution in [0.4, 0.5) is 10.9 Å². The molecule has 0 radical (unpaired) electrons. The minimum atomic E-state index is -0.438. The number of benzene rings is 2. The number of thiazole rings is 1. The number of hydrogen-bond acceptors (Lipinski definition) is 7. The molecule has 9 heteroatoms. The van der Waals surface area contributed by atoms with E-state index in [1.165, 1.54) is 16.9 Å². The lowest BCUT2D eigenvalue weighted by Gasteiger charge is -2.12. The highest BCUT2D eigenvalue weighted by Crippen LogP contribution is 2.36. The van der Waals surface area contributed by atoms with Gasteiger partial charge in [-0.15, -0.1) is 11.3 Å². The van der Waals surface area contributed by atoms with Gasteiger partial charge in [-0.1, -0.05) is 41.9 Å². The van der Waals surface area contributed by atoms with E-state index in [2.05, 4.69) is 43.3 Å². The molecule has 0 saturated carbocycles. The number of anilines is 2. The van der Waals surface area contributed by atoms with Crippen LogP contribution < -0.4 is 10.1 Å². The summed E-state index contributed by atoms with van der Waals surface area (Å²) in [6.07, 6.45) is 3.43. The summed E-state index contributed by atoms with van der Waals surface area (Å²) < 4.78 is 11.7. The van der Waals surface area contributed by atoms with Crippen molar-refractivity contribution < 1.29 is 14.3 Å². The molecule has 2 aromatic heterocycles. The molecule has 0 spiro atoms. The Labute approximate surface area is 215 Å². The minimum absolute atomic E-state index is 0.285. The molecule has 174 valence electrons. The monoisotopic (exact) mass is 557 g/mol. The number of carbonyl (C=O) groups excluding carboxylic acids is 1. The first-order valence-corrected chi connectivity index (χ1v) is 12.6. The van der Waals surface area contributed by atoms with Crippen molar-refractivity contribution in [3.8, 4) is 11.5 Å². The van der Waals surface area contributed by atoms with Gasteiger partial charge in [0.1, 0.15) is 17.3 Å². The SMILES string of the molecule is CCOC(=O)c1ccc(Cl)c(Oc2cc(Nc3nc(CCc4ccccc4)cs3)ncc2Br)c1. The van der Waals surface area contributed by atoms with E-state index in [1.807, 2.05) is 23.6 Å². The van der Waals surface area contributed by atoms with Gasteiger partial charge in [0.2, 0.25) is 0 Å². The van der Waals surface area contributed by atoms with Crippen LogP contribution in [0.2, 0.25) is 5.02 Å². The molecule has 0 aliphatic heterocycles. The highest BCUT2D eigenvalue weighted by atomic mass is 79.9. The number of aryl methyl sites for hydroxylation is 2. The van der Waals surface area contributed by atoms with Gasteiger partial charge in [-0.25, -0.2) is 14.8 Å². The van der Waals surface area contributed by atoms with Gasteiger partial charge in [0.05, 0.1) is 27.4 Å². The molecule has 1 N–H and O–H groups in total. The van der Waals surface area contributed by atoms with Gasteiger partial charge in [0.25, 0.3) is 0 Å². The number of halogens is 2. The molecule has 0 unspecified atom stereocenters. The Morgan fingerprint density at radius 2 is 1.94 bits per heavy atom. The number of esters is 1. The fraction of sp³-hybridized carbons (Fsp3) is 0.160. The third-order valence-corrected chi connectivity index (χ3v) is 6.50. The second-order valence-electron chi connectivity index (χ2n) is 7.22. The van der Waals surface area contributed by atoms with Crippen molar-refractivity contribution in [3.63, 3.8) is 0 Å². The number of ether oxygens (including phenoxy) is 2. The lowest BCUT2D eigenvalue weighted by atomic mass is 10.1. The first-order chi connectivity index (χ1) is 16.5. The molecule has 34 heavy (non-hydrogen) atoms. The standard InChI is InChI=1S/C25H21BrClN3O3S/c1-2-32-24(31)17-9-11-20(27)22(12-17)33-21-13-23(28-14-19(21)26)30-25-29-18(15-34-25)10-8-16-6-4-3-5-7-16/h3-7,9,11-15H,2,8,10H2,1H3,(H,28,29,30). The number of nitrogens with one attached hydrogen (secondary N) is 1. The molecule has 0 fully saturated rings. The smallest absolute Gasteiger partial charge is 0.338 e. The summed E-state index contributed by atoms with van der Waals surface area (Å²) in [5.41, 5.74) is 2.66. The van der Waals surface area contributed by atoms with Crippen molar-refractivity contribution >= 4 is 55.8 Å². The molecule has 4 rings (SSSR count). The molecule has 0 bridgehead atoms. The zero-order valence-corrected chi connectivity index (χ0v) is 21.4. The first kappa shape index (κ1) is 24.2. The van der Waals surface area contributed by atoms with E-state index in [9.17, 15) is 4.79 Å². The zero-order chi connectivity index (χ0) is 23.9. The Hall–Kier alpha value is -2.94. The molecule has 0 saturated heterocycles. The molecule has 0 aliphatic carbocycles. The number of nitrogens with zero attached hydrogens (tertiary/aromatic N) is 2.